The summed E-state index contributed by atoms with van der Waals surface area (Å²) in [4.78, 5) is 21.9. The number of benzene rings is 1. The Hall–Kier alpha value is -3.08. The maximum Gasteiger partial charge on any atom is 0.407 e. The van der Waals surface area contributed by atoms with Gasteiger partial charge < -0.3 is 33.5 Å². The largest absolute Gasteiger partial charge is 0.488 e. The summed E-state index contributed by atoms with van der Waals surface area (Å²) in [5.41, 5.74) is 1.20. The van der Waals surface area contributed by atoms with E-state index >= 15 is 0 Å². The van der Waals surface area contributed by atoms with Crippen molar-refractivity contribution in [1.29, 1.82) is 0 Å². The van der Waals surface area contributed by atoms with E-state index in [-0.39, 0.29) is 37.5 Å². The second-order valence-electron chi connectivity index (χ2n) is 11.5. The highest BCUT2D eigenvalue weighted by Crippen LogP contribution is 2.47. The Kier molecular flexibility index (Phi) is 7.15. The second-order valence-corrected chi connectivity index (χ2v) is 11.9. The van der Waals surface area contributed by atoms with E-state index in [0.29, 0.717) is 22.9 Å². The molecular formula is C28H35ClN4O6. The van der Waals surface area contributed by atoms with Crippen molar-refractivity contribution in [3.63, 3.8) is 0 Å². The molecule has 1 aliphatic heterocycles. The Morgan fingerprint density at radius 2 is 1.95 bits per heavy atom. The van der Waals surface area contributed by atoms with Crippen molar-refractivity contribution >= 4 is 28.7 Å². The molecule has 1 aromatic carbocycles. The van der Waals surface area contributed by atoms with Gasteiger partial charge in [-0.1, -0.05) is 11.6 Å². The Labute approximate surface area is 232 Å². The Morgan fingerprint density at radius 3 is 2.67 bits per heavy atom. The van der Waals surface area contributed by atoms with Crippen LogP contribution in [0.4, 0.5) is 4.79 Å². The smallest absolute Gasteiger partial charge is 0.407 e. The normalized spacial score (nSPS) is 24.1. The second kappa shape index (κ2) is 10.1. The molecule has 0 bridgehead atoms. The minimum absolute atomic E-state index is 0.0684. The van der Waals surface area contributed by atoms with Gasteiger partial charge >= 0.3 is 6.09 Å². The molecule has 1 saturated heterocycles. The molecule has 39 heavy (non-hydrogen) atoms. The molecule has 1 saturated carbocycles. The fourth-order valence-electron chi connectivity index (χ4n) is 5.48. The number of amides is 1. The maximum absolute atomic E-state index is 11.7. The molecule has 1 amide bonds. The van der Waals surface area contributed by atoms with Crippen LogP contribution in [0.15, 0.2) is 36.8 Å². The van der Waals surface area contributed by atoms with Crippen molar-refractivity contribution in [3.05, 3.63) is 47.5 Å². The zero-order valence-corrected chi connectivity index (χ0v) is 23.8. The van der Waals surface area contributed by atoms with Crippen LogP contribution >= 0.6 is 11.6 Å². The van der Waals surface area contributed by atoms with Gasteiger partial charge in [-0.2, -0.15) is 0 Å². The summed E-state index contributed by atoms with van der Waals surface area (Å²) in [6.45, 7) is 11.6. The molecule has 1 aliphatic carbocycles. The lowest BCUT2D eigenvalue weighted by Gasteiger charge is -2.33. The molecule has 5 rings (SSSR count). The first kappa shape index (κ1) is 27.5. The first-order valence-electron chi connectivity index (χ1n) is 13.1. The van der Waals surface area contributed by atoms with Gasteiger partial charge in [-0.3, -0.25) is 0 Å². The van der Waals surface area contributed by atoms with Gasteiger partial charge in [0.1, 0.15) is 36.9 Å². The topological polar surface area (TPSA) is 108 Å². The van der Waals surface area contributed by atoms with Crippen molar-refractivity contribution in [1.82, 2.24) is 19.4 Å². The van der Waals surface area contributed by atoms with Crippen molar-refractivity contribution in [2.24, 2.45) is 0 Å². The first-order valence-corrected chi connectivity index (χ1v) is 13.5. The Bertz CT molecular complexity index is 1370. The third-order valence-electron chi connectivity index (χ3n) is 7.25. The summed E-state index contributed by atoms with van der Waals surface area (Å²) in [6, 6.07) is 7.14. The Balaban J connectivity index is 1.38. The minimum atomic E-state index is -1.00. The van der Waals surface area contributed by atoms with E-state index in [1.165, 1.54) is 4.90 Å². The average Bonchev–Trinajstić information content (AvgIpc) is 3.49. The van der Waals surface area contributed by atoms with E-state index in [2.05, 4.69) is 14.5 Å². The standard InChI is InChI=1S/C28H35ClN4O6/c1-16-18-9-10-32(25(18)31-15-30-16)19-14-22(24-23(19)38-28(5,6)39-24)37-20-8-7-17(29)13-21(20)36-12-11-33(26(34)35)27(2,3)4/h7-10,13,15,19,22-24H,11-12,14H2,1-6H3,(H,34,35)/t19-,22+,23+,24-/m1/s1. The molecule has 3 heterocycles. The number of nitrogens with zero attached hydrogens (tertiary/aromatic N) is 4. The van der Waals surface area contributed by atoms with Gasteiger partial charge in [-0.05, 0) is 59.7 Å². The van der Waals surface area contributed by atoms with E-state index in [1.807, 2.05) is 53.8 Å². The molecule has 2 aliphatic rings. The van der Waals surface area contributed by atoms with Gasteiger partial charge in [0.25, 0.3) is 0 Å². The van der Waals surface area contributed by atoms with E-state index in [9.17, 15) is 9.90 Å². The number of aryl methyl sites for hydroxylation is 1. The third kappa shape index (κ3) is 5.50. The highest BCUT2D eigenvalue weighted by Gasteiger charge is 2.56. The molecule has 4 atom stereocenters. The fraction of sp³-hybridized carbons (Fsp3) is 0.536. The van der Waals surface area contributed by atoms with Gasteiger partial charge in [0.2, 0.25) is 0 Å². The number of carboxylic acid groups (broad SMARTS) is 1. The number of rotatable bonds is 7. The van der Waals surface area contributed by atoms with Crippen LogP contribution < -0.4 is 9.47 Å². The highest BCUT2D eigenvalue weighted by molar-refractivity contribution is 6.30. The number of ether oxygens (including phenoxy) is 4. The summed E-state index contributed by atoms with van der Waals surface area (Å²) < 4.78 is 27.4. The lowest BCUT2D eigenvalue weighted by Crippen LogP contribution is -2.46. The molecule has 10 nitrogen and oxygen atoms in total. The molecule has 11 heteroatoms. The molecule has 0 radical (unpaired) electrons. The van der Waals surface area contributed by atoms with E-state index in [0.717, 1.165) is 16.7 Å². The number of fused-ring (bicyclic) bond motifs is 2. The summed E-state index contributed by atoms with van der Waals surface area (Å²) >= 11 is 6.28. The summed E-state index contributed by atoms with van der Waals surface area (Å²) in [5, 5.41) is 11.1. The zero-order valence-electron chi connectivity index (χ0n) is 23.1. The average molecular weight is 559 g/mol. The summed E-state index contributed by atoms with van der Waals surface area (Å²) in [5.74, 6) is 0.177. The molecule has 1 N–H and O–H groups in total. The monoisotopic (exact) mass is 558 g/mol. The van der Waals surface area contributed by atoms with Crippen LogP contribution in [0, 0.1) is 6.92 Å². The predicted molar refractivity (Wildman–Crippen MR) is 146 cm³/mol. The van der Waals surface area contributed by atoms with Gasteiger partial charge in [0, 0.05) is 34.6 Å². The number of hydrogen-bond acceptors (Lipinski definition) is 7. The molecule has 2 aromatic heterocycles. The summed E-state index contributed by atoms with van der Waals surface area (Å²) in [6.07, 6.45) is 2.31. The van der Waals surface area contributed by atoms with E-state index in [4.69, 9.17) is 30.5 Å². The van der Waals surface area contributed by atoms with Crippen molar-refractivity contribution in [3.8, 4) is 11.5 Å². The van der Waals surface area contributed by atoms with Gasteiger partial charge in [0.05, 0.1) is 18.3 Å². The third-order valence-corrected chi connectivity index (χ3v) is 7.48. The number of hydrogen-bond donors (Lipinski definition) is 1. The number of halogens is 1. The number of carbonyl (C=O) groups is 1. The van der Waals surface area contributed by atoms with Crippen LogP contribution in [0.25, 0.3) is 11.0 Å². The molecular weight excluding hydrogens is 524 g/mol. The van der Waals surface area contributed by atoms with Crippen LogP contribution in [0.1, 0.15) is 52.8 Å². The van der Waals surface area contributed by atoms with Crippen molar-refractivity contribution < 1.29 is 28.8 Å². The minimum Gasteiger partial charge on any atom is -0.488 e. The highest BCUT2D eigenvalue weighted by atomic mass is 35.5. The molecule has 2 fully saturated rings. The van der Waals surface area contributed by atoms with Crippen LogP contribution in [-0.2, 0) is 9.47 Å². The van der Waals surface area contributed by atoms with Gasteiger partial charge in [-0.15, -0.1) is 0 Å². The number of aromatic nitrogens is 3. The lowest BCUT2D eigenvalue weighted by atomic mass is 10.1. The van der Waals surface area contributed by atoms with Gasteiger partial charge in [0.15, 0.2) is 17.3 Å². The van der Waals surface area contributed by atoms with Crippen molar-refractivity contribution in [2.45, 2.75) is 83.6 Å². The quantitative estimate of drug-likeness (QED) is 0.407. The van der Waals surface area contributed by atoms with Crippen molar-refractivity contribution in [2.75, 3.05) is 13.2 Å². The van der Waals surface area contributed by atoms with E-state index < -0.39 is 17.4 Å². The molecule has 3 aromatic rings. The lowest BCUT2D eigenvalue weighted by molar-refractivity contribution is -0.163. The summed E-state index contributed by atoms with van der Waals surface area (Å²) in [7, 11) is 0. The van der Waals surface area contributed by atoms with Crippen LogP contribution in [-0.4, -0.2) is 73.4 Å². The molecule has 0 unspecified atom stereocenters. The molecule has 0 spiro atoms. The SMILES string of the molecule is Cc1ncnc2c1ccn2[C@@H]1C[C@H](Oc2ccc(Cl)cc2OCCN(C(=O)O)C(C)(C)C)[C@H]2OC(C)(C)O[C@H]21. The van der Waals surface area contributed by atoms with Crippen LogP contribution in [0.5, 0.6) is 11.5 Å². The zero-order chi connectivity index (χ0) is 28.1. The maximum atomic E-state index is 11.7. The predicted octanol–water partition coefficient (Wildman–Crippen LogP) is 5.46. The van der Waals surface area contributed by atoms with E-state index in [1.54, 1.807) is 24.5 Å². The first-order chi connectivity index (χ1) is 18.3. The van der Waals surface area contributed by atoms with Crippen LogP contribution in [0.3, 0.4) is 0 Å². The fourth-order valence-corrected chi connectivity index (χ4v) is 5.64. The Morgan fingerprint density at radius 1 is 1.21 bits per heavy atom. The van der Waals surface area contributed by atoms with Crippen LogP contribution in [0.2, 0.25) is 5.02 Å². The molecule has 210 valence electrons. The van der Waals surface area contributed by atoms with Gasteiger partial charge in [-0.25, -0.2) is 14.8 Å².